The third-order valence-corrected chi connectivity index (χ3v) is 9.52. The van der Waals surface area contributed by atoms with Crippen LogP contribution in [0, 0.1) is 5.41 Å². The zero-order chi connectivity index (χ0) is 29.6. The van der Waals surface area contributed by atoms with Crippen LogP contribution in [0.1, 0.15) is 151 Å². The van der Waals surface area contributed by atoms with E-state index >= 15 is 0 Å². The van der Waals surface area contributed by atoms with Crippen molar-refractivity contribution >= 4 is 25.8 Å². The van der Waals surface area contributed by atoms with Gasteiger partial charge < -0.3 is 9.84 Å². The lowest BCUT2D eigenvalue weighted by atomic mass is 9.99. The lowest BCUT2D eigenvalue weighted by molar-refractivity contribution is -0.201. The first kappa shape index (κ1) is 38.8. The monoisotopic (exact) mass is 593 g/mol. The van der Waals surface area contributed by atoms with Crippen LogP contribution in [-0.2, 0) is 23.4 Å². The van der Waals surface area contributed by atoms with Crippen LogP contribution in [0.3, 0.4) is 0 Å². The molecule has 0 radical (unpaired) electrons. The van der Waals surface area contributed by atoms with Gasteiger partial charge in [0, 0.05) is 5.25 Å². The summed E-state index contributed by atoms with van der Waals surface area (Å²) in [6.07, 6.45) is 18.7. The predicted octanol–water partition coefficient (Wildman–Crippen LogP) is 9.79. The van der Waals surface area contributed by atoms with Crippen molar-refractivity contribution in [1.29, 1.82) is 0 Å². The molecule has 1 N–H and O–H groups in total. The molecule has 0 spiro atoms. The Balaban J connectivity index is 5.00. The van der Waals surface area contributed by atoms with Gasteiger partial charge in [-0.3, -0.25) is 4.74 Å². The molecule has 0 aromatic heterocycles. The van der Waals surface area contributed by atoms with Crippen molar-refractivity contribution in [2.24, 2.45) is 5.41 Å². The molecule has 0 rings (SSSR count). The summed E-state index contributed by atoms with van der Waals surface area (Å²) in [6, 6.07) is 0. The number of carbonyl (C=O) groups is 1. The molecule has 0 aromatic carbocycles. The Kier molecular flexibility index (Phi) is 23.3. The van der Waals surface area contributed by atoms with E-state index in [1.54, 1.807) is 0 Å². The SMILES string of the molecule is CCCCCCCCCCCSC(CCCCCCC)C(C)O[P+](=O)C(O)(OCCC)C(=O)OCC(C)(C)C. The largest absolute Gasteiger partial charge is 0.589 e. The molecule has 0 aliphatic rings. The molecule has 0 aliphatic heterocycles. The van der Waals surface area contributed by atoms with Crippen molar-refractivity contribution in [1.82, 2.24) is 0 Å². The normalized spacial score (nSPS) is 15.5. The first-order chi connectivity index (χ1) is 18.5. The van der Waals surface area contributed by atoms with Gasteiger partial charge in [-0.25, -0.2) is 4.79 Å². The lowest BCUT2D eigenvalue weighted by Gasteiger charge is -2.23. The van der Waals surface area contributed by atoms with Crippen LogP contribution < -0.4 is 0 Å². The average molecular weight is 594 g/mol. The van der Waals surface area contributed by atoms with Crippen LogP contribution >= 0.6 is 19.8 Å². The summed E-state index contributed by atoms with van der Waals surface area (Å²) in [5.41, 5.74) is -2.89. The Hall–Kier alpha value is -0.200. The third-order valence-electron chi connectivity index (χ3n) is 6.61. The van der Waals surface area contributed by atoms with Gasteiger partial charge in [-0.2, -0.15) is 11.8 Å². The Bertz CT molecular complexity index is 627. The number of hydrogen-bond acceptors (Lipinski definition) is 7. The molecule has 39 heavy (non-hydrogen) atoms. The highest BCUT2D eigenvalue weighted by atomic mass is 32.2. The van der Waals surface area contributed by atoms with Gasteiger partial charge in [-0.05, 0) is 41.9 Å². The van der Waals surface area contributed by atoms with Crippen molar-refractivity contribution in [3.05, 3.63) is 0 Å². The Morgan fingerprint density at radius 3 is 1.85 bits per heavy atom. The minimum absolute atomic E-state index is 0.0775. The summed E-state index contributed by atoms with van der Waals surface area (Å²) < 4.78 is 29.8. The number of hydrogen-bond donors (Lipinski definition) is 1. The van der Waals surface area contributed by atoms with E-state index in [1.807, 2.05) is 46.4 Å². The van der Waals surface area contributed by atoms with Crippen LogP contribution in [0.15, 0.2) is 0 Å². The maximum absolute atomic E-state index is 13.3. The molecule has 0 bridgehead atoms. The Labute approximate surface area is 246 Å². The second-order valence-corrected chi connectivity index (χ2v) is 14.8. The van der Waals surface area contributed by atoms with E-state index in [4.69, 9.17) is 14.0 Å². The summed E-state index contributed by atoms with van der Waals surface area (Å²) in [6.45, 7) is 14.1. The molecule has 4 atom stereocenters. The fraction of sp³-hybridized carbons (Fsp3) is 0.968. The van der Waals surface area contributed by atoms with E-state index in [0.717, 1.165) is 25.0 Å². The van der Waals surface area contributed by atoms with Crippen LogP contribution in [0.4, 0.5) is 0 Å². The molecule has 0 amide bonds. The van der Waals surface area contributed by atoms with Gasteiger partial charge in [-0.15, -0.1) is 4.52 Å². The van der Waals surface area contributed by atoms with E-state index in [1.165, 1.54) is 77.0 Å². The molecule has 0 heterocycles. The van der Waals surface area contributed by atoms with Gasteiger partial charge in [0.2, 0.25) is 0 Å². The zero-order valence-corrected chi connectivity index (χ0v) is 28.1. The number of ether oxygens (including phenoxy) is 2. The topological polar surface area (TPSA) is 82.1 Å². The minimum Gasteiger partial charge on any atom is -0.458 e. The van der Waals surface area contributed by atoms with Crippen molar-refractivity contribution in [3.8, 4) is 0 Å². The summed E-state index contributed by atoms with van der Waals surface area (Å²) in [4.78, 5) is 12.8. The maximum Gasteiger partial charge on any atom is 0.589 e. The first-order valence-electron chi connectivity index (χ1n) is 15.8. The van der Waals surface area contributed by atoms with Gasteiger partial charge in [-0.1, -0.05) is 125 Å². The second-order valence-electron chi connectivity index (χ2n) is 12.1. The molecular formula is C31H62O6PS+. The van der Waals surface area contributed by atoms with Gasteiger partial charge in [0.15, 0.2) is 0 Å². The quantitative estimate of drug-likeness (QED) is 0.0462. The summed E-state index contributed by atoms with van der Waals surface area (Å²) in [5.74, 6) is -0.0119. The van der Waals surface area contributed by atoms with Crippen LogP contribution in [0.2, 0.25) is 0 Å². The van der Waals surface area contributed by atoms with Crippen LogP contribution in [-0.4, -0.2) is 46.9 Å². The lowest BCUT2D eigenvalue weighted by Crippen LogP contribution is -2.42. The van der Waals surface area contributed by atoms with E-state index < -0.39 is 25.6 Å². The molecule has 4 unspecified atom stereocenters. The molecule has 0 saturated heterocycles. The molecule has 8 heteroatoms. The molecule has 0 aliphatic carbocycles. The van der Waals surface area contributed by atoms with Crippen molar-refractivity contribution in [3.63, 3.8) is 0 Å². The minimum atomic E-state index is -2.86. The number of aliphatic hydroxyl groups is 1. The van der Waals surface area contributed by atoms with Crippen molar-refractivity contribution in [2.75, 3.05) is 19.0 Å². The van der Waals surface area contributed by atoms with Gasteiger partial charge in [0.05, 0.1) is 13.2 Å². The standard InChI is InChI=1S/C31H62O6PS/c1-8-11-13-15-16-17-18-20-22-25-39-28(23-21-19-14-12-9-2)27(4)37-38(34)31(33,36-24-10-3)29(32)35-26-30(5,6)7/h27-28,33H,8-26H2,1-7H3/q+1. The molecular weight excluding hydrogens is 531 g/mol. The highest BCUT2D eigenvalue weighted by Crippen LogP contribution is 2.43. The first-order valence-corrected chi connectivity index (χ1v) is 18.0. The summed E-state index contributed by atoms with van der Waals surface area (Å²) in [5, 5.41) is 11.2. The zero-order valence-electron chi connectivity index (χ0n) is 26.4. The van der Waals surface area contributed by atoms with E-state index in [2.05, 4.69) is 13.8 Å². The van der Waals surface area contributed by atoms with Crippen molar-refractivity contribution in [2.45, 2.75) is 168 Å². The van der Waals surface area contributed by atoms with E-state index in [0.29, 0.717) is 6.42 Å². The molecule has 0 aromatic rings. The fourth-order valence-electron chi connectivity index (χ4n) is 4.15. The van der Waals surface area contributed by atoms with Crippen LogP contribution in [0.5, 0.6) is 0 Å². The average Bonchev–Trinajstić information content (AvgIpc) is 2.89. The number of unbranched alkanes of at least 4 members (excludes halogenated alkanes) is 12. The maximum atomic E-state index is 13.3. The highest BCUT2D eigenvalue weighted by Gasteiger charge is 2.62. The molecule has 0 saturated carbocycles. The number of thioether (sulfide) groups is 1. The number of esters is 1. The Morgan fingerprint density at radius 2 is 1.33 bits per heavy atom. The van der Waals surface area contributed by atoms with Gasteiger partial charge in [0.25, 0.3) is 0 Å². The third kappa shape index (κ3) is 19.5. The summed E-state index contributed by atoms with van der Waals surface area (Å²) >= 11 is 1.87. The van der Waals surface area contributed by atoms with E-state index in [-0.39, 0.29) is 23.9 Å². The number of rotatable bonds is 26. The Morgan fingerprint density at radius 1 is 0.821 bits per heavy atom. The summed E-state index contributed by atoms with van der Waals surface area (Å²) in [7, 11) is -2.86. The van der Waals surface area contributed by atoms with Gasteiger partial charge >= 0.3 is 19.5 Å². The van der Waals surface area contributed by atoms with Gasteiger partial charge in [0.1, 0.15) is 6.10 Å². The van der Waals surface area contributed by atoms with Crippen molar-refractivity contribution < 1.29 is 28.5 Å². The number of carbonyl (C=O) groups excluding carboxylic acids is 1. The predicted molar refractivity (Wildman–Crippen MR) is 167 cm³/mol. The molecule has 6 nitrogen and oxygen atoms in total. The molecule has 0 fully saturated rings. The van der Waals surface area contributed by atoms with E-state index in [9.17, 15) is 14.5 Å². The smallest absolute Gasteiger partial charge is 0.458 e. The van der Waals surface area contributed by atoms with Crippen LogP contribution in [0.25, 0.3) is 0 Å². The fourth-order valence-corrected chi connectivity index (χ4v) is 6.56. The second kappa shape index (κ2) is 23.4. The highest BCUT2D eigenvalue weighted by molar-refractivity contribution is 7.99. The molecule has 232 valence electrons.